The van der Waals surface area contributed by atoms with Crippen LogP contribution in [0.25, 0.3) is 0 Å². The van der Waals surface area contributed by atoms with Crippen LogP contribution in [-0.4, -0.2) is 12.1 Å². The summed E-state index contributed by atoms with van der Waals surface area (Å²) in [6.07, 6.45) is -4.61. The molecular weight excluding hydrogens is 269 g/mol. The van der Waals surface area contributed by atoms with Gasteiger partial charge in [0.1, 0.15) is 5.75 Å². The molecule has 0 bridgehead atoms. The molecular formula is C15H11F3O2. The van der Waals surface area contributed by atoms with E-state index in [1.165, 1.54) is 12.1 Å². The predicted octanol–water partition coefficient (Wildman–Crippen LogP) is 3.75. The van der Waals surface area contributed by atoms with Gasteiger partial charge in [0, 0.05) is 6.42 Å². The van der Waals surface area contributed by atoms with Crippen LogP contribution in [0.2, 0.25) is 0 Å². The van der Waals surface area contributed by atoms with Crippen LogP contribution in [0.1, 0.15) is 11.1 Å². The van der Waals surface area contributed by atoms with E-state index in [4.69, 9.17) is 0 Å². The van der Waals surface area contributed by atoms with E-state index in [9.17, 15) is 18.0 Å². The normalized spacial score (nSPS) is 11.2. The molecule has 20 heavy (non-hydrogen) atoms. The number of halogens is 3. The molecule has 104 valence electrons. The highest BCUT2D eigenvalue weighted by Crippen LogP contribution is 2.25. The van der Waals surface area contributed by atoms with Gasteiger partial charge in [-0.15, -0.1) is 0 Å². The first-order valence-electron chi connectivity index (χ1n) is 5.87. The van der Waals surface area contributed by atoms with E-state index in [1.54, 1.807) is 12.1 Å². The summed E-state index contributed by atoms with van der Waals surface area (Å²) < 4.78 is 41.1. The number of carbonyl (C=O) groups is 1. The molecule has 0 radical (unpaired) electrons. The Hall–Kier alpha value is -2.30. The molecule has 0 aliphatic carbocycles. The highest BCUT2D eigenvalue weighted by atomic mass is 19.4. The lowest BCUT2D eigenvalue weighted by atomic mass is 10.0. The van der Waals surface area contributed by atoms with Gasteiger partial charge in [-0.1, -0.05) is 48.5 Å². The van der Waals surface area contributed by atoms with Gasteiger partial charge in [-0.25, -0.2) is 4.79 Å². The molecule has 2 aromatic carbocycles. The highest BCUT2D eigenvalue weighted by molar-refractivity contribution is 5.78. The minimum Gasteiger partial charge on any atom is -0.420 e. The third-order valence-corrected chi connectivity index (χ3v) is 2.64. The molecule has 0 fully saturated rings. The van der Waals surface area contributed by atoms with Crippen molar-refractivity contribution in [2.24, 2.45) is 0 Å². The van der Waals surface area contributed by atoms with Crippen LogP contribution in [0.4, 0.5) is 13.2 Å². The Bertz CT molecular complexity index is 592. The van der Waals surface area contributed by atoms with E-state index in [0.717, 1.165) is 5.56 Å². The summed E-state index contributed by atoms with van der Waals surface area (Å²) in [4.78, 5) is 10.9. The standard InChI is InChI=1S/C15H11F3O2/c16-15(17,18)14(19)20-13-9-5-4-8-12(13)10-11-6-2-1-3-7-11/h1-9H,10H2. The predicted molar refractivity (Wildman–Crippen MR) is 67.4 cm³/mol. The van der Waals surface area contributed by atoms with Gasteiger partial charge in [-0.3, -0.25) is 0 Å². The Balaban J connectivity index is 2.21. The Morgan fingerprint density at radius 1 is 0.950 bits per heavy atom. The number of ether oxygens (including phenoxy) is 1. The molecule has 0 aromatic heterocycles. The van der Waals surface area contributed by atoms with E-state index in [0.29, 0.717) is 12.0 Å². The van der Waals surface area contributed by atoms with Gasteiger partial charge in [0.2, 0.25) is 0 Å². The third kappa shape index (κ3) is 3.60. The average molecular weight is 280 g/mol. The smallest absolute Gasteiger partial charge is 0.420 e. The second kappa shape index (κ2) is 5.77. The SMILES string of the molecule is O=C(Oc1ccccc1Cc1ccccc1)C(F)(F)F. The van der Waals surface area contributed by atoms with Gasteiger partial charge in [0.05, 0.1) is 0 Å². The molecule has 0 atom stereocenters. The molecule has 2 rings (SSSR count). The lowest BCUT2D eigenvalue weighted by molar-refractivity contribution is -0.189. The van der Waals surface area contributed by atoms with Crippen molar-refractivity contribution in [3.63, 3.8) is 0 Å². The molecule has 0 spiro atoms. The van der Waals surface area contributed by atoms with Gasteiger partial charge in [-0.2, -0.15) is 13.2 Å². The van der Waals surface area contributed by atoms with Gasteiger partial charge in [-0.05, 0) is 17.2 Å². The van der Waals surface area contributed by atoms with E-state index in [-0.39, 0.29) is 5.75 Å². The molecule has 0 amide bonds. The van der Waals surface area contributed by atoms with Crippen molar-refractivity contribution in [3.05, 3.63) is 65.7 Å². The van der Waals surface area contributed by atoms with Crippen molar-refractivity contribution >= 4 is 5.97 Å². The summed E-state index contributed by atoms with van der Waals surface area (Å²) >= 11 is 0. The molecule has 0 saturated heterocycles. The second-order valence-corrected chi connectivity index (χ2v) is 4.16. The molecule has 2 aromatic rings. The fourth-order valence-electron chi connectivity index (χ4n) is 1.72. The Morgan fingerprint density at radius 2 is 1.55 bits per heavy atom. The first-order chi connectivity index (χ1) is 9.47. The number of benzene rings is 2. The number of esters is 1. The molecule has 5 heteroatoms. The highest BCUT2D eigenvalue weighted by Gasteiger charge is 2.41. The van der Waals surface area contributed by atoms with E-state index >= 15 is 0 Å². The zero-order valence-corrected chi connectivity index (χ0v) is 10.4. The molecule has 0 N–H and O–H groups in total. The molecule has 0 aliphatic rings. The van der Waals surface area contributed by atoms with Crippen molar-refractivity contribution in [1.29, 1.82) is 0 Å². The van der Waals surface area contributed by atoms with Crippen molar-refractivity contribution in [2.45, 2.75) is 12.6 Å². The Kier molecular flexibility index (Phi) is 4.08. The summed E-state index contributed by atoms with van der Waals surface area (Å²) in [5, 5.41) is 0. The van der Waals surface area contributed by atoms with Gasteiger partial charge < -0.3 is 4.74 Å². The lowest BCUT2D eigenvalue weighted by Gasteiger charge is -2.11. The quantitative estimate of drug-likeness (QED) is 0.632. The number of alkyl halides is 3. The van der Waals surface area contributed by atoms with Crippen LogP contribution in [0.15, 0.2) is 54.6 Å². The summed E-state index contributed by atoms with van der Waals surface area (Å²) in [6.45, 7) is 0. The number of hydrogen-bond acceptors (Lipinski definition) is 2. The third-order valence-electron chi connectivity index (χ3n) is 2.64. The lowest BCUT2D eigenvalue weighted by Crippen LogP contribution is -2.28. The Morgan fingerprint density at radius 3 is 2.20 bits per heavy atom. The second-order valence-electron chi connectivity index (χ2n) is 4.16. The van der Waals surface area contributed by atoms with Gasteiger partial charge in [0.15, 0.2) is 0 Å². The number of rotatable bonds is 3. The fraction of sp³-hybridized carbons (Fsp3) is 0.133. The van der Waals surface area contributed by atoms with Crippen molar-refractivity contribution in [3.8, 4) is 5.75 Å². The van der Waals surface area contributed by atoms with Crippen LogP contribution in [-0.2, 0) is 11.2 Å². The molecule has 2 nitrogen and oxygen atoms in total. The van der Waals surface area contributed by atoms with E-state index in [1.807, 2.05) is 30.3 Å². The van der Waals surface area contributed by atoms with Crippen molar-refractivity contribution < 1.29 is 22.7 Å². The molecule has 0 heterocycles. The van der Waals surface area contributed by atoms with Crippen LogP contribution < -0.4 is 4.74 Å². The number of hydrogen-bond donors (Lipinski definition) is 0. The maximum absolute atomic E-state index is 12.2. The van der Waals surface area contributed by atoms with Crippen LogP contribution in [0.3, 0.4) is 0 Å². The van der Waals surface area contributed by atoms with Crippen molar-refractivity contribution in [2.75, 3.05) is 0 Å². The molecule has 0 unspecified atom stereocenters. The van der Waals surface area contributed by atoms with Crippen molar-refractivity contribution in [1.82, 2.24) is 0 Å². The summed E-state index contributed by atoms with van der Waals surface area (Å²) in [5.74, 6) is -2.28. The van der Waals surface area contributed by atoms with E-state index < -0.39 is 12.1 Å². The van der Waals surface area contributed by atoms with E-state index in [2.05, 4.69) is 4.74 Å². The van der Waals surface area contributed by atoms with Crippen LogP contribution >= 0.6 is 0 Å². The number of carbonyl (C=O) groups excluding carboxylic acids is 1. The van der Waals surface area contributed by atoms with Gasteiger partial charge in [0.25, 0.3) is 0 Å². The largest absolute Gasteiger partial charge is 0.491 e. The number of para-hydroxylation sites is 1. The molecule has 0 aliphatic heterocycles. The Labute approximate surface area is 113 Å². The maximum atomic E-state index is 12.2. The summed E-state index contributed by atoms with van der Waals surface area (Å²) in [7, 11) is 0. The minimum absolute atomic E-state index is 0.0707. The van der Waals surface area contributed by atoms with Crippen LogP contribution in [0, 0.1) is 0 Å². The molecule has 0 saturated carbocycles. The minimum atomic E-state index is -5.00. The maximum Gasteiger partial charge on any atom is 0.491 e. The summed E-state index contributed by atoms with van der Waals surface area (Å²) in [6, 6.07) is 15.4. The first-order valence-corrected chi connectivity index (χ1v) is 5.87. The van der Waals surface area contributed by atoms with Crippen LogP contribution in [0.5, 0.6) is 5.75 Å². The zero-order chi connectivity index (χ0) is 14.6. The zero-order valence-electron chi connectivity index (χ0n) is 10.4. The van der Waals surface area contributed by atoms with Gasteiger partial charge >= 0.3 is 12.1 Å². The topological polar surface area (TPSA) is 26.3 Å². The first kappa shape index (κ1) is 14.1. The fourth-order valence-corrected chi connectivity index (χ4v) is 1.72. The average Bonchev–Trinajstić information content (AvgIpc) is 2.41. The summed E-state index contributed by atoms with van der Waals surface area (Å²) in [5.41, 5.74) is 1.44. The monoisotopic (exact) mass is 280 g/mol.